The Hall–Kier alpha value is -2.70. The van der Waals surface area contributed by atoms with Gasteiger partial charge in [0.1, 0.15) is 12.7 Å². The molecule has 1 aromatic carbocycles. The first kappa shape index (κ1) is 14.2. The molecule has 1 saturated carbocycles. The summed E-state index contributed by atoms with van der Waals surface area (Å²) in [5.41, 5.74) is 1.83. The van der Waals surface area contributed by atoms with Gasteiger partial charge in [0.25, 0.3) is 0 Å². The molecule has 0 spiro atoms. The molecule has 1 aliphatic carbocycles. The van der Waals surface area contributed by atoms with Gasteiger partial charge in [0.05, 0.1) is 17.5 Å². The highest BCUT2D eigenvalue weighted by atomic mass is 16.4. The molecule has 7 nitrogen and oxygen atoms in total. The first-order chi connectivity index (χ1) is 10.6. The molecule has 22 heavy (non-hydrogen) atoms. The van der Waals surface area contributed by atoms with Crippen molar-refractivity contribution in [2.24, 2.45) is 11.8 Å². The predicted octanol–water partition coefficient (Wildman–Crippen LogP) is 0.994. The SMILES string of the molecule is O=C(O)C1CCC1C(=O)NCc1ccc(-n2cncn2)cc1. The lowest BCUT2D eigenvalue weighted by molar-refractivity contribution is -0.152. The number of amides is 1. The lowest BCUT2D eigenvalue weighted by Crippen LogP contribution is -2.43. The summed E-state index contributed by atoms with van der Waals surface area (Å²) in [5, 5.41) is 15.8. The molecule has 0 bridgehead atoms. The second-order valence-electron chi connectivity index (χ2n) is 5.35. The highest BCUT2D eigenvalue weighted by Gasteiger charge is 2.41. The molecule has 2 unspecified atom stereocenters. The van der Waals surface area contributed by atoms with Gasteiger partial charge >= 0.3 is 5.97 Å². The Morgan fingerprint density at radius 3 is 2.50 bits per heavy atom. The van der Waals surface area contributed by atoms with Crippen LogP contribution in [-0.2, 0) is 16.1 Å². The van der Waals surface area contributed by atoms with Crippen molar-refractivity contribution in [3.05, 3.63) is 42.5 Å². The van der Waals surface area contributed by atoms with Crippen molar-refractivity contribution in [2.75, 3.05) is 0 Å². The van der Waals surface area contributed by atoms with Crippen LogP contribution in [-0.4, -0.2) is 31.7 Å². The van der Waals surface area contributed by atoms with E-state index in [4.69, 9.17) is 5.11 Å². The fourth-order valence-corrected chi connectivity index (χ4v) is 2.54. The number of carboxylic acid groups (broad SMARTS) is 1. The van der Waals surface area contributed by atoms with Gasteiger partial charge in [-0.15, -0.1) is 0 Å². The van der Waals surface area contributed by atoms with Crippen LogP contribution in [0.2, 0.25) is 0 Å². The zero-order valence-electron chi connectivity index (χ0n) is 11.8. The molecule has 1 fully saturated rings. The maximum atomic E-state index is 12.0. The topological polar surface area (TPSA) is 97.1 Å². The molecular weight excluding hydrogens is 284 g/mol. The largest absolute Gasteiger partial charge is 0.481 e. The van der Waals surface area contributed by atoms with Gasteiger partial charge in [-0.3, -0.25) is 9.59 Å². The van der Waals surface area contributed by atoms with Crippen molar-refractivity contribution >= 4 is 11.9 Å². The zero-order valence-corrected chi connectivity index (χ0v) is 11.8. The zero-order chi connectivity index (χ0) is 15.5. The molecule has 1 amide bonds. The van der Waals surface area contributed by atoms with Crippen LogP contribution in [0.15, 0.2) is 36.9 Å². The standard InChI is InChI=1S/C15H16N4O3/c20-14(12-5-6-13(12)15(21)22)17-7-10-1-3-11(4-2-10)19-9-16-8-18-19/h1-4,8-9,12-13H,5-7H2,(H,17,20)(H,21,22). The first-order valence-electron chi connectivity index (χ1n) is 7.09. The molecule has 1 heterocycles. The number of nitrogens with one attached hydrogen (secondary N) is 1. The molecule has 1 aromatic heterocycles. The molecule has 0 radical (unpaired) electrons. The van der Waals surface area contributed by atoms with E-state index in [-0.39, 0.29) is 5.91 Å². The average molecular weight is 300 g/mol. The van der Waals surface area contributed by atoms with Crippen molar-refractivity contribution in [1.82, 2.24) is 20.1 Å². The van der Waals surface area contributed by atoms with Gasteiger partial charge in [-0.1, -0.05) is 12.1 Å². The molecule has 2 aromatic rings. The minimum atomic E-state index is -0.886. The lowest BCUT2D eigenvalue weighted by Gasteiger charge is -2.31. The molecule has 2 N–H and O–H groups in total. The summed E-state index contributed by atoms with van der Waals surface area (Å²) < 4.78 is 1.65. The van der Waals surface area contributed by atoms with Gasteiger partial charge in [0.2, 0.25) is 5.91 Å². The van der Waals surface area contributed by atoms with E-state index in [1.807, 2.05) is 24.3 Å². The van der Waals surface area contributed by atoms with Gasteiger partial charge < -0.3 is 10.4 Å². The van der Waals surface area contributed by atoms with Gasteiger partial charge in [-0.2, -0.15) is 5.10 Å². The molecule has 114 valence electrons. The molecule has 2 atom stereocenters. The highest BCUT2D eigenvalue weighted by Crippen LogP contribution is 2.34. The number of rotatable bonds is 5. The minimum Gasteiger partial charge on any atom is -0.481 e. The third-order valence-electron chi connectivity index (χ3n) is 4.01. The molecule has 7 heteroatoms. The Morgan fingerprint density at radius 2 is 1.95 bits per heavy atom. The summed E-state index contributed by atoms with van der Waals surface area (Å²) in [6, 6.07) is 7.57. The number of carboxylic acids is 1. The summed E-state index contributed by atoms with van der Waals surface area (Å²) >= 11 is 0. The fourth-order valence-electron chi connectivity index (χ4n) is 2.54. The Kier molecular flexibility index (Phi) is 3.86. The number of benzene rings is 1. The van der Waals surface area contributed by atoms with Crippen LogP contribution in [0.1, 0.15) is 18.4 Å². The van der Waals surface area contributed by atoms with Crippen LogP contribution in [0.4, 0.5) is 0 Å². The Morgan fingerprint density at radius 1 is 1.23 bits per heavy atom. The number of carbonyl (C=O) groups excluding carboxylic acids is 1. The Bertz CT molecular complexity index is 667. The Labute approximate surface area is 127 Å². The van der Waals surface area contributed by atoms with Gasteiger partial charge in [0.15, 0.2) is 0 Å². The number of aliphatic carboxylic acids is 1. The van der Waals surface area contributed by atoms with E-state index in [2.05, 4.69) is 15.4 Å². The molecule has 0 saturated heterocycles. The Balaban J connectivity index is 1.55. The van der Waals surface area contributed by atoms with Crippen LogP contribution in [0.25, 0.3) is 5.69 Å². The monoisotopic (exact) mass is 300 g/mol. The number of hydrogen-bond acceptors (Lipinski definition) is 4. The van der Waals surface area contributed by atoms with E-state index in [9.17, 15) is 9.59 Å². The summed E-state index contributed by atoms with van der Waals surface area (Å²) in [6.07, 6.45) is 4.30. The smallest absolute Gasteiger partial charge is 0.307 e. The van der Waals surface area contributed by atoms with Crippen LogP contribution in [0, 0.1) is 11.8 Å². The first-order valence-corrected chi connectivity index (χ1v) is 7.09. The van der Waals surface area contributed by atoms with Gasteiger partial charge in [-0.05, 0) is 30.5 Å². The summed E-state index contributed by atoms with van der Waals surface area (Å²) in [6.45, 7) is 0.388. The van der Waals surface area contributed by atoms with Crippen molar-refractivity contribution in [3.8, 4) is 5.69 Å². The normalized spacial score (nSPS) is 20.2. The van der Waals surface area contributed by atoms with E-state index in [0.717, 1.165) is 11.3 Å². The summed E-state index contributed by atoms with van der Waals surface area (Å²) in [7, 11) is 0. The summed E-state index contributed by atoms with van der Waals surface area (Å²) in [5.74, 6) is -2.00. The maximum absolute atomic E-state index is 12.0. The van der Waals surface area contributed by atoms with E-state index >= 15 is 0 Å². The van der Waals surface area contributed by atoms with Gasteiger partial charge in [0, 0.05) is 6.54 Å². The average Bonchev–Trinajstić information content (AvgIpc) is 2.98. The van der Waals surface area contributed by atoms with Crippen LogP contribution in [0.5, 0.6) is 0 Å². The lowest BCUT2D eigenvalue weighted by atomic mass is 9.73. The van der Waals surface area contributed by atoms with E-state index in [1.165, 1.54) is 6.33 Å². The highest BCUT2D eigenvalue weighted by molar-refractivity contribution is 5.86. The minimum absolute atomic E-state index is 0.181. The van der Waals surface area contributed by atoms with Gasteiger partial charge in [-0.25, -0.2) is 9.67 Å². The summed E-state index contributed by atoms with van der Waals surface area (Å²) in [4.78, 5) is 26.8. The van der Waals surface area contributed by atoms with E-state index in [0.29, 0.717) is 19.4 Å². The van der Waals surface area contributed by atoms with Crippen molar-refractivity contribution < 1.29 is 14.7 Å². The number of carbonyl (C=O) groups is 2. The van der Waals surface area contributed by atoms with Crippen molar-refractivity contribution in [3.63, 3.8) is 0 Å². The molecule has 1 aliphatic rings. The van der Waals surface area contributed by atoms with Crippen molar-refractivity contribution in [1.29, 1.82) is 0 Å². The predicted molar refractivity (Wildman–Crippen MR) is 77.1 cm³/mol. The van der Waals surface area contributed by atoms with E-state index < -0.39 is 17.8 Å². The molecule has 0 aliphatic heterocycles. The fraction of sp³-hybridized carbons (Fsp3) is 0.333. The second-order valence-corrected chi connectivity index (χ2v) is 5.35. The quantitative estimate of drug-likeness (QED) is 0.858. The molecular formula is C15H16N4O3. The third kappa shape index (κ3) is 2.83. The van der Waals surface area contributed by atoms with Crippen LogP contribution < -0.4 is 5.32 Å². The second kappa shape index (κ2) is 5.97. The maximum Gasteiger partial charge on any atom is 0.307 e. The van der Waals surface area contributed by atoms with E-state index in [1.54, 1.807) is 11.0 Å². The van der Waals surface area contributed by atoms with Crippen LogP contribution >= 0.6 is 0 Å². The third-order valence-corrected chi connectivity index (χ3v) is 4.01. The molecule has 3 rings (SSSR count). The van der Waals surface area contributed by atoms with Crippen LogP contribution in [0.3, 0.4) is 0 Å². The van der Waals surface area contributed by atoms with Crippen molar-refractivity contribution in [2.45, 2.75) is 19.4 Å². The number of nitrogens with zero attached hydrogens (tertiary/aromatic N) is 3. The number of hydrogen-bond donors (Lipinski definition) is 2. The number of aromatic nitrogens is 3.